The summed E-state index contributed by atoms with van der Waals surface area (Å²) >= 11 is 0. The largest absolute Gasteiger partial charge is 0.481 e. The SMILES string of the molecule is CCCN1CCCCC(C(=O)O)C1. The molecule has 0 aromatic rings. The Morgan fingerprint density at radius 2 is 2.31 bits per heavy atom. The first-order chi connectivity index (χ1) is 6.24. The first-order valence-corrected chi connectivity index (χ1v) is 5.19. The zero-order valence-electron chi connectivity index (χ0n) is 8.33. The molecule has 1 atom stereocenters. The topological polar surface area (TPSA) is 40.5 Å². The Hall–Kier alpha value is -0.570. The molecular formula is C10H19NO2. The molecule has 1 rings (SSSR count). The van der Waals surface area contributed by atoms with Crippen LogP contribution in [0, 0.1) is 5.92 Å². The molecule has 1 aliphatic heterocycles. The summed E-state index contributed by atoms with van der Waals surface area (Å²) in [5, 5.41) is 8.92. The van der Waals surface area contributed by atoms with Crippen LogP contribution in [0.5, 0.6) is 0 Å². The zero-order valence-corrected chi connectivity index (χ0v) is 8.33. The van der Waals surface area contributed by atoms with Crippen molar-refractivity contribution in [3.63, 3.8) is 0 Å². The summed E-state index contributed by atoms with van der Waals surface area (Å²) in [6, 6.07) is 0. The molecule has 1 heterocycles. The molecule has 1 N–H and O–H groups in total. The van der Waals surface area contributed by atoms with E-state index < -0.39 is 5.97 Å². The Morgan fingerprint density at radius 1 is 1.54 bits per heavy atom. The third-order valence-corrected chi connectivity index (χ3v) is 2.64. The van der Waals surface area contributed by atoms with Crippen LogP contribution < -0.4 is 0 Å². The van der Waals surface area contributed by atoms with Gasteiger partial charge in [-0.3, -0.25) is 4.79 Å². The van der Waals surface area contributed by atoms with Gasteiger partial charge < -0.3 is 10.0 Å². The highest BCUT2D eigenvalue weighted by Crippen LogP contribution is 2.16. The lowest BCUT2D eigenvalue weighted by molar-refractivity contribution is -0.142. The van der Waals surface area contributed by atoms with Gasteiger partial charge in [-0.15, -0.1) is 0 Å². The Kier molecular flexibility index (Phi) is 4.22. The van der Waals surface area contributed by atoms with Gasteiger partial charge in [0.05, 0.1) is 5.92 Å². The summed E-state index contributed by atoms with van der Waals surface area (Å²) in [5.74, 6) is -0.753. The van der Waals surface area contributed by atoms with Crippen molar-refractivity contribution in [3.05, 3.63) is 0 Å². The molecule has 0 aliphatic carbocycles. The minimum Gasteiger partial charge on any atom is -0.481 e. The quantitative estimate of drug-likeness (QED) is 0.725. The number of aliphatic carboxylic acids is 1. The van der Waals surface area contributed by atoms with Gasteiger partial charge in [-0.2, -0.15) is 0 Å². The predicted molar refractivity (Wildman–Crippen MR) is 51.7 cm³/mol. The van der Waals surface area contributed by atoms with Gasteiger partial charge in [0.15, 0.2) is 0 Å². The van der Waals surface area contributed by atoms with Crippen LogP contribution in [0.2, 0.25) is 0 Å². The van der Waals surface area contributed by atoms with Gasteiger partial charge in [-0.25, -0.2) is 0 Å². The van der Waals surface area contributed by atoms with Crippen molar-refractivity contribution in [1.29, 1.82) is 0 Å². The highest BCUT2D eigenvalue weighted by molar-refractivity contribution is 5.70. The Labute approximate surface area is 79.7 Å². The second-order valence-electron chi connectivity index (χ2n) is 3.83. The zero-order chi connectivity index (χ0) is 9.68. The fourth-order valence-corrected chi connectivity index (χ4v) is 1.94. The number of carboxylic acids is 1. The van der Waals surface area contributed by atoms with Gasteiger partial charge in [-0.1, -0.05) is 13.3 Å². The van der Waals surface area contributed by atoms with Crippen LogP contribution in [-0.2, 0) is 4.79 Å². The van der Waals surface area contributed by atoms with Crippen molar-refractivity contribution >= 4 is 5.97 Å². The second kappa shape index (κ2) is 5.22. The van der Waals surface area contributed by atoms with Crippen LogP contribution in [0.1, 0.15) is 32.6 Å². The van der Waals surface area contributed by atoms with Gasteiger partial charge in [0, 0.05) is 6.54 Å². The molecule has 0 spiro atoms. The highest BCUT2D eigenvalue weighted by Gasteiger charge is 2.22. The van der Waals surface area contributed by atoms with E-state index in [1.165, 1.54) is 0 Å². The van der Waals surface area contributed by atoms with Crippen molar-refractivity contribution in [2.75, 3.05) is 19.6 Å². The average molecular weight is 185 g/mol. The standard InChI is InChI=1S/C10H19NO2/c1-2-6-11-7-4-3-5-9(8-11)10(12)13/h9H,2-8H2,1H3,(H,12,13). The maximum atomic E-state index is 10.8. The number of likely N-dealkylation sites (tertiary alicyclic amines) is 1. The Morgan fingerprint density at radius 3 is 2.92 bits per heavy atom. The second-order valence-corrected chi connectivity index (χ2v) is 3.83. The normalized spacial score (nSPS) is 25.5. The molecule has 0 radical (unpaired) electrons. The fourth-order valence-electron chi connectivity index (χ4n) is 1.94. The average Bonchev–Trinajstić information content (AvgIpc) is 2.30. The van der Waals surface area contributed by atoms with Gasteiger partial charge in [0.1, 0.15) is 0 Å². The lowest BCUT2D eigenvalue weighted by Crippen LogP contribution is -2.32. The van der Waals surface area contributed by atoms with Crippen molar-refractivity contribution in [2.45, 2.75) is 32.6 Å². The maximum absolute atomic E-state index is 10.8. The summed E-state index contributed by atoms with van der Waals surface area (Å²) in [4.78, 5) is 13.1. The monoisotopic (exact) mass is 185 g/mol. The van der Waals surface area contributed by atoms with Gasteiger partial charge in [0.2, 0.25) is 0 Å². The first kappa shape index (κ1) is 10.5. The van der Waals surface area contributed by atoms with E-state index >= 15 is 0 Å². The molecule has 3 nitrogen and oxygen atoms in total. The van der Waals surface area contributed by atoms with Crippen LogP contribution in [0.4, 0.5) is 0 Å². The molecular weight excluding hydrogens is 166 g/mol. The highest BCUT2D eigenvalue weighted by atomic mass is 16.4. The van der Waals surface area contributed by atoms with Gasteiger partial charge in [-0.05, 0) is 32.4 Å². The molecule has 76 valence electrons. The lowest BCUT2D eigenvalue weighted by atomic mass is 10.0. The number of rotatable bonds is 3. The van der Waals surface area contributed by atoms with E-state index in [9.17, 15) is 4.79 Å². The van der Waals surface area contributed by atoms with Crippen molar-refractivity contribution in [3.8, 4) is 0 Å². The molecule has 1 aliphatic rings. The summed E-state index contributed by atoms with van der Waals surface area (Å²) < 4.78 is 0. The van der Waals surface area contributed by atoms with Crippen LogP contribution >= 0.6 is 0 Å². The third kappa shape index (κ3) is 3.35. The molecule has 0 amide bonds. The van der Waals surface area contributed by atoms with E-state index in [2.05, 4.69) is 11.8 Å². The smallest absolute Gasteiger partial charge is 0.307 e. The van der Waals surface area contributed by atoms with Crippen molar-refractivity contribution in [1.82, 2.24) is 4.90 Å². The van der Waals surface area contributed by atoms with Crippen LogP contribution in [-0.4, -0.2) is 35.6 Å². The van der Waals surface area contributed by atoms with E-state index in [1.807, 2.05) is 0 Å². The summed E-state index contributed by atoms with van der Waals surface area (Å²) in [5.41, 5.74) is 0. The maximum Gasteiger partial charge on any atom is 0.307 e. The van der Waals surface area contributed by atoms with E-state index in [-0.39, 0.29) is 5.92 Å². The Bertz CT molecular complexity index is 170. The van der Waals surface area contributed by atoms with Crippen molar-refractivity contribution in [2.24, 2.45) is 5.92 Å². The lowest BCUT2D eigenvalue weighted by Gasteiger charge is -2.21. The molecule has 0 bridgehead atoms. The number of carboxylic acid groups (broad SMARTS) is 1. The molecule has 1 fully saturated rings. The van der Waals surface area contributed by atoms with Crippen LogP contribution in [0.25, 0.3) is 0 Å². The fraction of sp³-hybridized carbons (Fsp3) is 0.900. The number of carbonyl (C=O) groups is 1. The Balaban J connectivity index is 2.44. The third-order valence-electron chi connectivity index (χ3n) is 2.64. The molecule has 1 unspecified atom stereocenters. The molecule has 0 aromatic carbocycles. The van der Waals surface area contributed by atoms with E-state index in [4.69, 9.17) is 5.11 Å². The first-order valence-electron chi connectivity index (χ1n) is 5.19. The summed E-state index contributed by atoms with van der Waals surface area (Å²) in [6.45, 7) is 5.02. The molecule has 0 aromatic heterocycles. The predicted octanol–water partition coefficient (Wildman–Crippen LogP) is 1.58. The molecule has 1 saturated heterocycles. The minimum absolute atomic E-state index is 0.131. The van der Waals surface area contributed by atoms with Crippen molar-refractivity contribution < 1.29 is 9.90 Å². The molecule has 3 heteroatoms. The summed E-state index contributed by atoms with van der Waals surface area (Å²) in [7, 11) is 0. The van der Waals surface area contributed by atoms with E-state index in [0.29, 0.717) is 0 Å². The molecule has 0 saturated carbocycles. The van der Waals surface area contributed by atoms with Crippen LogP contribution in [0.3, 0.4) is 0 Å². The molecule has 13 heavy (non-hydrogen) atoms. The number of hydrogen-bond acceptors (Lipinski definition) is 2. The van der Waals surface area contributed by atoms with E-state index in [1.54, 1.807) is 0 Å². The minimum atomic E-state index is -0.622. The number of nitrogens with zero attached hydrogens (tertiary/aromatic N) is 1. The van der Waals surface area contributed by atoms with Gasteiger partial charge >= 0.3 is 5.97 Å². The van der Waals surface area contributed by atoms with Crippen LogP contribution in [0.15, 0.2) is 0 Å². The van der Waals surface area contributed by atoms with Gasteiger partial charge in [0.25, 0.3) is 0 Å². The van der Waals surface area contributed by atoms with E-state index in [0.717, 1.165) is 45.3 Å². The number of hydrogen-bond donors (Lipinski definition) is 1. The summed E-state index contributed by atoms with van der Waals surface area (Å²) in [6.07, 6.45) is 4.20.